The number of halogens is 1. The predicted octanol–water partition coefficient (Wildman–Crippen LogP) is 2.97. The fourth-order valence-corrected chi connectivity index (χ4v) is 2.01. The van der Waals surface area contributed by atoms with Crippen LogP contribution in [0.4, 0.5) is 0 Å². The summed E-state index contributed by atoms with van der Waals surface area (Å²) in [5, 5.41) is 2.97. The fourth-order valence-electron chi connectivity index (χ4n) is 2.01. The van der Waals surface area contributed by atoms with Crippen molar-refractivity contribution in [3.8, 4) is 0 Å². The number of carbonyl (C=O) groups excluding carboxylic acids is 1. The maximum Gasteiger partial charge on any atom is 0.237 e. The molecule has 1 atom stereocenters. The van der Waals surface area contributed by atoms with Crippen molar-refractivity contribution < 1.29 is 4.79 Å². The molecule has 0 aromatic rings. The molecule has 3 nitrogen and oxygen atoms in total. The number of nitrogens with two attached hydrogens (primary N) is 1. The second-order valence-electron chi connectivity index (χ2n) is 7.32. The Morgan fingerprint density at radius 2 is 1.61 bits per heavy atom. The number of hydrogen-bond acceptors (Lipinski definition) is 2. The lowest BCUT2D eigenvalue weighted by Crippen LogP contribution is -2.50. The molecule has 0 aliphatic rings. The standard InChI is InChI=1S/C14H30N2O.ClH/c1-10(2)8-14(6,7)9-16-12(17)11(15)13(3,4)5;/h10-11H,8-9,15H2,1-7H3,(H,16,17);1H/t11-;/m1./s1. The first-order valence-corrected chi connectivity index (χ1v) is 6.49. The van der Waals surface area contributed by atoms with Crippen LogP contribution in [0.25, 0.3) is 0 Å². The van der Waals surface area contributed by atoms with Gasteiger partial charge < -0.3 is 11.1 Å². The summed E-state index contributed by atoms with van der Waals surface area (Å²) in [5.41, 5.74) is 5.85. The van der Waals surface area contributed by atoms with E-state index in [9.17, 15) is 4.79 Å². The second kappa shape index (κ2) is 7.34. The van der Waals surface area contributed by atoms with Crippen molar-refractivity contribution in [1.82, 2.24) is 5.32 Å². The first-order chi connectivity index (χ1) is 7.46. The zero-order chi connectivity index (χ0) is 13.9. The van der Waals surface area contributed by atoms with E-state index in [0.29, 0.717) is 12.5 Å². The summed E-state index contributed by atoms with van der Waals surface area (Å²) < 4.78 is 0. The summed E-state index contributed by atoms with van der Waals surface area (Å²) >= 11 is 0. The van der Waals surface area contributed by atoms with E-state index in [1.54, 1.807) is 0 Å². The van der Waals surface area contributed by atoms with E-state index in [1.807, 2.05) is 20.8 Å². The molecule has 0 aliphatic carbocycles. The van der Waals surface area contributed by atoms with E-state index in [-0.39, 0.29) is 29.1 Å². The third kappa shape index (κ3) is 7.93. The molecule has 0 unspecified atom stereocenters. The molecular formula is C14H31ClN2O. The summed E-state index contributed by atoms with van der Waals surface area (Å²) in [6, 6.07) is -0.447. The van der Waals surface area contributed by atoms with E-state index in [2.05, 4.69) is 33.0 Å². The van der Waals surface area contributed by atoms with E-state index in [0.717, 1.165) is 6.42 Å². The highest BCUT2D eigenvalue weighted by Crippen LogP contribution is 2.24. The Bertz CT molecular complexity index is 257. The monoisotopic (exact) mass is 278 g/mol. The van der Waals surface area contributed by atoms with Gasteiger partial charge in [0.25, 0.3) is 0 Å². The first kappa shape index (κ1) is 20.0. The van der Waals surface area contributed by atoms with Crippen LogP contribution in [0.1, 0.15) is 54.9 Å². The van der Waals surface area contributed by atoms with Crippen molar-refractivity contribution in [2.24, 2.45) is 22.5 Å². The van der Waals surface area contributed by atoms with Crippen LogP contribution in [0.15, 0.2) is 0 Å². The quantitative estimate of drug-likeness (QED) is 0.812. The lowest BCUT2D eigenvalue weighted by molar-refractivity contribution is -0.125. The Balaban J connectivity index is 0. The van der Waals surface area contributed by atoms with Gasteiger partial charge in [-0.3, -0.25) is 4.79 Å². The Morgan fingerprint density at radius 3 is 1.94 bits per heavy atom. The highest BCUT2D eigenvalue weighted by Gasteiger charge is 2.28. The average molecular weight is 279 g/mol. The highest BCUT2D eigenvalue weighted by molar-refractivity contribution is 5.85. The minimum atomic E-state index is -0.447. The maximum atomic E-state index is 11.9. The van der Waals surface area contributed by atoms with E-state index in [1.165, 1.54) is 0 Å². The Kier molecular flexibility index (Phi) is 8.18. The lowest BCUT2D eigenvalue weighted by Gasteiger charge is -2.30. The molecule has 0 spiro atoms. The highest BCUT2D eigenvalue weighted by atomic mass is 35.5. The van der Waals surface area contributed by atoms with Crippen LogP contribution in [0.3, 0.4) is 0 Å². The van der Waals surface area contributed by atoms with Gasteiger partial charge in [-0.05, 0) is 23.2 Å². The molecule has 0 aliphatic heterocycles. The molecule has 4 heteroatoms. The van der Waals surface area contributed by atoms with Gasteiger partial charge in [0.15, 0.2) is 0 Å². The summed E-state index contributed by atoms with van der Waals surface area (Å²) in [4.78, 5) is 11.9. The molecule has 0 rings (SSSR count). The minimum absolute atomic E-state index is 0. The van der Waals surface area contributed by atoms with Gasteiger partial charge in [0.05, 0.1) is 6.04 Å². The van der Waals surface area contributed by atoms with Crippen molar-refractivity contribution in [1.29, 1.82) is 0 Å². The molecule has 1 amide bonds. The van der Waals surface area contributed by atoms with Crippen molar-refractivity contribution in [3.05, 3.63) is 0 Å². The predicted molar refractivity (Wildman–Crippen MR) is 80.9 cm³/mol. The van der Waals surface area contributed by atoms with Crippen LogP contribution in [0.5, 0.6) is 0 Å². The maximum absolute atomic E-state index is 11.9. The van der Waals surface area contributed by atoms with Gasteiger partial charge in [0.1, 0.15) is 0 Å². The summed E-state index contributed by atoms with van der Waals surface area (Å²) in [5.74, 6) is 0.590. The molecule has 3 N–H and O–H groups in total. The largest absolute Gasteiger partial charge is 0.354 e. The zero-order valence-electron chi connectivity index (χ0n) is 13.0. The summed E-state index contributed by atoms with van der Waals surface area (Å²) in [6.45, 7) is 15.4. The molecule has 0 heterocycles. The summed E-state index contributed by atoms with van der Waals surface area (Å²) in [6.07, 6.45) is 1.10. The van der Waals surface area contributed by atoms with Crippen LogP contribution >= 0.6 is 12.4 Å². The van der Waals surface area contributed by atoms with Gasteiger partial charge >= 0.3 is 0 Å². The number of nitrogens with one attached hydrogen (secondary N) is 1. The van der Waals surface area contributed by atoms with Crippen LogP contribution < -0.4 is 11.1 Å². The molecule has 110 valence electrons. The average Bonchev–Trinajstić information content (AvgIpc) is 2.09. The van der Waals surface area contributed by atoms with E-state index in [4.69, 9.17) is 5.73 Å². The lowest BCUT2D eigenvalue weighted by atomic mass is 9.83. The van der Waals surface area contributed by atoms with Crippen molar-refractivity contribution >= 4 is 18.3 Å². The third-order valence-corrected chi connectivity index (χ3v) is 2.92. The molecule has 0 aromatic carbocycles. The number of amides is 1. The summed E-state index contributed by atoms with van der Waals surface area (Å²) in [7, 11) is 0. The van der Waals surface area contributed by atoms with Crippen molar-refractivity contribution in [2.45, 2.75) is 60.9 Å². The minimum Gasteiger partial charge on any atom is -0.354 e. The smallest absolute Gasteiger partial charge is 0.237 e. The molecule has 0 aromatic heterocycles. The molecule has 0 saturated carbocycles. The van der Waals surface area contributed by atoms with Crippen molar-refractivity contribution in [3.63, 3.8) is 0 Å². The SMILES string of the molecule is CC(C)CC(C)(C)CNC(=O)[C@@H](N)C(C)(C)C.Cl. The molecule has 0 radical (unpaired) electrons. The Hall–Kier alpha value is -0.280. The second-order valence-corrected chi connectivity index (χ2v) is 7.32. The van der Waals surface area contributed by atoms with Crippen LogP contribution in [-0.4, -0.2) is 18.5 Å². The zero-order valence-corrected chi connectivity index (χ0v) is 13.8. The van der Waals surface area contributed by atoms with Gasteiger partial charge in [-0.1, -0.05) is 48.5 Å². The van der Waals surface area contributed by atoms with Gasteiger partial charge in [-0.25, -0.2) is 0 Å². The molecule has 0 bridgehead atoms. The molecule has 0 fully saturated rings. The Morgan fingerprint density at radius 1 is 1.17 bits per heavy atom. The van der Waals surface area contributed by atoms with Gasteiger partial charge in [-0.15, -0.1) is 12.4 Å². The first-order valence-electron chi connectivity index (χ1n) is 6.49. The molecular weight excluding hydrogens is 248 g/mol. The van der Waals surface area contributed by atoms with Gasteiger partial charge in [0.2, 0.25) is 5.91 Å². The van der Waals surface area contributed by atoms with Gasteiger partial charge in [-0.2, -0.15) is 0 Å². The Labute approximate surface area is 119 Å². The normalized spacial score (nSPS) is 14.1. The van der Waals surface area contributed by atoms with Crippen LogP contribution in [-0.2, 0) is 4.79 Å². The van der Waals surface area contributed by atoms with Gasteiger partial charge in [0, 0.05) is 6.54 Å². The third-order valence-electron chi connectivity index (χ3n) is 2.92. The van der Waals surface area contributed by atoms with E-state index < -0.39 is 6.04 Å². The molecule has 18 heavy (non-hydrogen) atoms. The fraction of sp³-hybridized carbons (Fsp3) is 0.929. The number of rotatable bonds is 5. The van der Waals surface area contributed by atoms with E-state index >= 15 is 0 Å². The van der Waals surface area contributed by atoms with Crippen LogP contribution in [0.2, 0.25) is 0 Å². The van der Waals surface area contributed by atoms with Crippen LogP contribution in [0, 0.1) is 16.7 Å². The molecule has 0 saturated heterocycles. The number of hydrogen-bond donors (Lipinski definition) is 2. The number of carbonyl (C=O) groups is 1. The van der Waals surface area contributed by atoms with Crippen molar-refractivity contribution in [2.75, 3.05) is 6.54 Å². The topological polar surface area (TPSA) is 55.1 Å².